The average Bonchev–Trinajstić information content (AvgIpc) is 3.55. The summed E-state index contributed by atoms with van der Waals surface area (Å²) in [6.45, 7) is 0. The normalized spacial score (nSPS) is 11.2. The van der Waals surface area contributed by atoms with E-state index in [1.54, 1.807) is 42.3 Å². The fourth-order valence-corrected chi connectivity index (χ4v) is 4.42. The zero-order valence-corrected chi connectivity index (χ0v) is 19.8. The minimum absolute atomic E-state index is 0.0939. The second-order valence-corrected chi connectivity index (χ2v) is 8.64. The molecule has 0 aliphatic carbocycles. The number of nitrogens with zero attached hydrogens (tertiary/aromatic N) is 2. The Balaban J connectivity index is 1.25. The van der Waals surface area contributed by atoms with Gasteiger partial charge in [0.2, 0.25) is 5.89 Å². The van der Waals surface area contributed by atoms with Crippen molar-refractivity contribution in [3.63, 3.8) is 0 Å². The molecule has 4 aromatic carbocycles. The number of carbonyl (C=O) groups excluding carboxylic acids is 2. The maximum absolute atomic E-state index is 13.2. The number of hydrogen-bond donors (Lipinski definition) is 1. The van der Waals surface area contributed by atoms with Crippen molar-refractivity contribution in [2.24, 2.45) is 5.73 Å². The average molecular weight is 488 g/mol. The third kappa shape index (κ3) is 3.92. The number of hydrogen-bond acceptors (Lipinski definition) is 5. The Morgan fingerprint density at radius 1 is 0.757 bits per heavy atom. The number of para-hydroxylation sites is 3. The number of furan rings is 1. The van der Waals surface area contributed by atoms with Crippen LogP contribution in [0, 0.1) is 0 Å². The molecule has 2 amide bonds. The molecule has 0 fully saturated rings. The second kappa shape index (κ2) is 8.80. The van der Waals surface area contributed by atoms with Gasteiger partial charge in [0.15, 0.2) is 11.3 Å². The Bertz CT molecular complexity index is 1750. The molecule has 0 aliphatic rings. The van der Waals surface area contributed by atoms with Crippen LogP contribution < -0.4 is 10.6 Å². The van der Waals surface area contributed by atoms with E-state index < -0.39 is 5.91 Å². The van der Waals surface area contributed by atoms with Gasteiger partial charge in [-0.25, -0.2) is 4.98 Å². The zero-order chi connectivity index (χ0) is 25.5. The molecule has 0 atom stereocenters. The summed E-state index contributed by atoms with van der Waals surface area (Å²) in [6, 6.07) is 29.5. The lowest BCUT2D eigenvalue weighted by Gasteiger charge is -2.18. The number of nitrogens with two attached hydrogens (primary N) is 1. The van der Waals surface area contributed by atoms with Crippen molar-refractivity contribution in [3.8, 4) is 22.6 Å². The minimum Gasteiger partial charge on any atom is -0.450 e. The molecule has 37 heavy (non-hydrogen) atoms. The molecule has 7 nitrogen and oxygen atoms in total. The topological polar surface area (TPSA) is 103 Å². The number of fused-ring (bicyclic) bond motifs is 2. The first-order chi connectivity index (χ1) is 18.0. The fourth-order valence-electron chi connectivity index (χ4n) is 4.42. The Labute approximate surface area is 211 Å². The third-order valence-electron chi connectivity index (χ3n) is 6.34. The van der Waals surface area contributed by atoms with E-state index in [0.29, 0.717) is 22.6 Å². The number of aromatic nitrogens is 1. The van der Waals surface area contributed by atoms with E-state index in [9.17, 15) is 9.59 Å². The van der Waals surface area contributed by atoms with Crippen LogP contribution in [0.5, 0.6) is 0 Å². The van der Waals surface area contributed by atoms with Crippen LogP contribution in [0.3, 0.4) is 0 Å². The van der Waals surface area contributed by atoms with Crippen molar-refractivity contribution in [2.75, 3.05) is 11.9 Å². The van der Waals surface area contributed by atoms with Gasteiger partial charge in [-0.05, 0) is 60.2 Å². The predicted molar refractivity (Wildman–Crippen MR) is 142 cm³/mol. The monoisotopic (exact) mass is 487 g/mol. The predicted octanol–water partition coefficient (Wildman–Crippen LogP) is 6.28. The largest absolute Gasteiger partial charge is 0.450 e. The first-order valence-electron chi connectivity index (χ1n) is 11.7. The van der Waals surface area contributed by atoms with Crippen molar-refractivity contribution in [1.29, 1.82) is 0 Å². The molecule has 180 valence electrons. The van der Waals surface area contributed by atoms with Crippen LogP contribution in [0.15, 0.2) is 106 Å². The lowest BCUT2D eigenvalue weighted by atomic mass is 10.00. The highest BCUT2D eigenvalue weighted by Crippen LogP contribution is 2.35. The summed E-state index contributed by atoms with van der Waals surface area (Å²) in [5, 5.41) is 0.784. The molecule has 0 spiro atoms. The van der Waals surface area contributed by atoms with E-state index in [1.807, 2.05) is 66.7 Å². The number of carbonyl (C=O) groups is 2. The summed E-state index contributed by atoms with van der Waals surface area (Å²) in [5.41, 5.74) is 11.1. The Kier molecular flexibility index (Phi) is 5.31. The van der Waals surface area contributed by atoms with Gasteiger partial charge in [-0.3, -0.25) is 9.59 Å². The lowest BCUT2D eigenvalue weighted by Crippen LogP contribution is -2.26. The molecule has 0 aliphatic heterocycles. The first-order valence-corrected chi connectivity index (χ1v) is 11.7. The van der Waals surface area contributed by atoms with E-state index in [2.05, 4.69) is 4.98 Å². The molecule has 2 aromatic heterocycles. The molecule has 0 saturated carbocycles. The molecular weight excluding hydrogens is 466 g/mol. The maximum atomic E-state index is 13.2. The Morgan fingerprint density at radius 2 is 1.41 bits per heavy atom. The number of anilines is 1. The molecule has 0 unspecified atom stereocenters. The molecular formula is C30H21N3O4. The van der Waals surface area contributed by atoms with Crippen LogP contribution in [-0.2, 0) is 0 Å². The number of benzene rings is 4. The summed E-state index contributed by atoms with van der Waals surface area (Å²) in [6.07, 6.45) is 0. The molecule has 7 heteroatoms. The summed E-state index contributed by atoms with van der Waals surface area (Å²) >= 11 is 0. The minimum atomic E-state index is -0.646. The standard InChI is InChI=1S/C30H21N3O4/c1-33(21-16-14-19(15-17-21)29-32-23-7-3-5-9-25(23)37-29)30(35)20-12-10-18(11-13-20)26-22-6-2-4-8-24(22)36-27(26)28(31)34/h2-17H,1H3,(H2,31,34). The molecule has 6 rings (SSSR count). The van der Waals surface area contributed by atoms with E-state index >= 15 is 0 Å². The van der Waals surface area contributed by atoms with E-state index in [0.717, 1.165) is 33.3 Å². The van der Waals surface area contributed by atoms with Crippen LogP contribution in [0.25, 0.3) is 44.7 Å². The number of oxazole rings is 1. The van der Waals surface area contributed by atoms with Gasteiger partial charge >= 0.3 is 0 Å². The molecule has 0 saturated heterocycles. The van der Waals surface area contributed by atoms with E-state index in [1.165, 1.54) is 0 Å². The molecule has 2 heterocycles. The van der Waals surface area contributed by atoms with Gasteiger partial charge in [-0.1, -0.05) is 42.5 Å². The Morgan fingerprint density at radius 3 is 2.11 bits per heavy atom. The Hall–Kier alpha value is -5.17. The summed E-state index contributed by atoms with van der Waals surface area (Å²) in [5.74, 6) is -0.198. The van der Waals surface area contributed by atoms with Gasteiger partial charge in [-0.15, -0.1) is 0 Å². The fraction of sp³-hybridized carbons (Fsp3) is 0.0333. The molecule has 0 bridgehead atoms. The third-order valence-corrected chi connectivity index (χ3v) is 6.34. The van der Waals surface area contributed by atoms with Crippen LogP contribution in [0.1, 0.15) is 20.9 Å². The summed E-state index contributed by atoms with van der Waals surface area (Å²) in [7, 11) is 1.72. The van der Waals surface area contributed by atoms with Crippen LogP contribution in [-0.4, -0.2) is 23.8 Å². The van der Waals surface area contributed by atoms with E-state index in [-0.39, 0.29) is 11.7 Å². The SMILES string of the molecule is CN(C(=O)c1ccc(-c2c(C(N)=O)oc3ccccc23)cc1)c1ccc(-c2nc3ccccc3o2)cc1. The maximum Gasteiger partial charge on any atom is 0.285 e. The highest BCUT2D eigenvalue weighted by Gasteiger charge is 2.21. The van der Waals surface area contributed by atoms with Crippen LogP contribution in [0.2, 0.25) is 0 Å². The van der Waals surface area contributed by atoms with Gasteiger partial charge < -0.3 is 19.5 Å². The quantitative estimate of drug-likeness (QED) is 0.308. The zero-order valence-electron chi connectivity index (χ0n) is 19.8. The highest BCUT2D eigenvalue weighted by molar-refractivity contribution is 6.09. The number of rotatable bonds is 5. The van der Waals surface area contributed by atoms with E-state index in [4.69, 9.17) is 14.6 Å². The smallest absolute Gasteiger partial charge is 0.285 e. The van der Waals surface area contributed by atoms with Crippen molar-refractivity contribution in [1.82, 2.24) is 4.98 Å². The van der Waals surface area contributed by atoms with Gasteiger partial charge in [0, 0.05) is 34.8 Å². The van der Waals surface area contributed by atoms with Crippen molar-refractivity contribution in [3.05, 3.63) is 108 Å². The first kappa shape index (κ1) is 22.3. The van der Waals surface area contributed by atoms with Crippen molar-refractivity contribution >= 4 is 39.6 Å². The molecule has 2 N–H and O–H groups in total. The number of primary amides is 1. The van der Waals surface area contributed by atoms with Crippen LogP contribution in [0.4, 0.5) is 5.69 Å². The number of amides is 2. The molecule has 0 radical (unpaired) electrons. The van der Waals surface area contributed by atoms with Gasteiger partial charge in [0.1, 0.15) is 11.1 Å². The second-order valence-electron chi connectivity index (χ2n) is 8.64. The van der Waals surface area contributed by atoms with Crippen LogP contribution >= 0.6 is 0 Å². The van der Waals surface area contributed by atoms with Crippen molar-refractivity contribution < 1.29 is 18.4 Å². The van der Waals surface area contributed by atoms with Gasteiger partial charge in [0.25, 0.3) is 11.8 Å². The van der Waals surface area contributed by atoms with Gasteiger partial charge in [0.05, 0.1) is 0 Å². The summed E-state index contributed by atoms with van der Waals surface area (Å²) < 4.78 is 11.5. The molecule has 6 aromatic rings. The van der Waals surface area contributed by atoms with Crippen molar-refractivity contribution in [2.45, 2.75) is 0 Å². The highest BCUT2D eigenvalue weighted by atomic mass is 16.4. The van der Waals surface area contributed by atoms with Gasteiger partial charge in [-0.2, -0.15) is 0 Å². The summed E-state index contributed by atoms with van der Waals surface area (Å²) in [4.78, 5) is 31.3. The lowest BCUT2D eigenvalue weighted by molar-refractivity contribution is 0.0973.